The molecule has 76 valence electrons. The minimum absolute atomic E-state index is 0.158. The van der Waals surface area contributed by atoms with E-state index in [1.807, 2.05) is 0 Å². The monoisotopic (exact) mass is 205 g/mol. The van der Waals surface area contributed by atoms with Gasteiger partial charge in [0.1, 0.15) is 11.9 Å². The Balaban J connectivity index is 2.53. The Labute approximate surface area is 85.3 Å². The molecule has 1 aliphatic heterocycles. The molecular formula is C10H7NO4. The molecule has 15 heavy (non-hydrogen) atoms. The summed E-state index contributed by atoms with van der Waals surface area (Å²) in [6, 6.07) is 0. The molecule has 1 unspecified atom stereocenters. The zero-order valence-electron chi connectivity index (χ0n) is 7.89. The molecule has 0 aromatic rings. The second kappa shape index (κ2) is 3.31. The van der Waals surface area contributed by atoms with Crippen molar-refractivity contribution < 1.29 is 19.2 Å². The molecule has 0 bridgehead atoms. The van der Waals surface area contributed by atoms with Crippen LogP contribution in [-0.2, 0) is 19.2 Å². The lowest BCUT2D eigenvalue weighted by Crippen LogP contribution is -2.29. The number of fused-ring (bicyclic) bond motifs is 1. The van der Waals surface area contributed by atoms with Gasteiger partial charge in [-0.05, 0) is 6.08 Å². The number of carbonyl (C=O) groups excluding carboxylic acids is 3. The first-order valence-corrected chi connectivity index (χ1v) is 4.26. The van der Waals surface area contributed by atoms with Crippen LogP contribution in [0.15, 0.2) is 29.4 Å². The summed E-state index contributed by atoms with van der Waals surface area (Å²) in [6.07, 6.45) is 4.51. The molecule has 5 nitrogen and oxygen atoms in total. The number of hydroxylamine groups is 2. The third-order valence-electron chi connectivity index (χ3n) is 2.35. The van der Waals surface area contributed by atoms with Gasteiger partial charge in [0, 0.05) is 5.57 Å². The average Bonchev–Trinajstić information content (AvgIpc) is 2.51. The fraction of sp³-hybridized carbons (Fsp3) is 0.200. The minimum atomic E-state index is -0.847. The van der Waals surface area contributed by atoms with Gasteiger partial charge >= 0.3 is 0 Å². The zero-order chi connectivity index (χ0) is 11.0. The van der Waals surface area contributed by atoms with E-state index in [4.69, 9.17) is 0 Å². The molecule has 0 saturated carbocycles. The van der Waals surface area contributed by atoms with Crippen LogP contribution in [-0.4, -0.2) is 29.9 Å². The second-order valence-electron chi connectivity index (χ2n) is 3.09. The third-order valence-corrected chi connectivity index (χ3v) is 2.35. The Hall–Kier alpha value is -1.97. The van der Waals surface area contributed by atoms with Gasteiger partial charge in [0.05, 0.1) is 12.7 Å². The van der Waals surface area contributed by atoms with E-state index in [9.17, 15) is 14.4 Å². The van der Waals surface area contributed by atoms with Crippen molar-refractivity contribution in [2.45, 2.75) is 0 Å². The summed E-state index contributed by atoms with van der Waals surface area (Å²) >= 11 is 0. The van der Waals surface area contributed by atoms with Gasteiger partial charge in [0.25, 0.3) is 11.8 Å². The van der Waals surface area contributed by atoms with E-state index in [-0.39, 0.29) is 11.1 Å². The van der Waals surface area contributed by atoms with Crippen molar-refractivity contribution in [2.75, 3.05) is 7.11 Å². The highest BCUT2D eigenvalue weighted by atomic mass is 16.7. The fourth-order valence-electron chi connectivity index (χ4n) is 1.68. The van der Waals surface area contributed by atoms with Gasteiger partial charge < -0.3 is 0 Å². The fourth-order valence-corrected chi connectivity index (χ4v) is 1.68. The maximum absolute atomic E-state index is 11.7. The molecule has 5 heteroatoms. The maximum atomic E-state index is 11.7. The topological polar surface area (TPSA) is 63.7 Å². The van der Waals surface area contributed by atoms with E-state index >= 15 is 0 Å². The lowest BCUT2D eigenvalue weighted by Gasteiger charge is -2.10. The van der Waals surface area contributed by atoms with E-state index in [2.05, 4.69) is 4.84 Å². The van der Waals surface area contributed by atoms with Crippen LogP contribution >= 0.6 is 0 Å². The number of carbonyl (C=O) groups is 2. The van der Waals surface area contributed by atoms with E-state index < -0.39 is 17.7 Å². The van der Waals surface area contributed by atoms with E-state index in [0.29, 0.717) is 5.06 Å². The first-order valence-electron chi connectivity index (χ1n) is 4.26. The van der Waals surface area contributed by atoms with Gasteiger partial charge in [0.15, 0.2) is 0 Å². The van der Waals surface area contributed by atoms with Crippen molar-refractivity contribution in [3.8, 4) is 0 Å². The van der Waals surface area contributed by atoms with Crippen LogP contribution in [0, 0.1) is 5.92 Å². The highest BCUT2D eigenvalue weighted by molar-refractivity contribution is 6.16. The summed E-state index contributed by atoms with van der Waals surface area (Å²) < 4.78 is 0. The standard InChI is InChI=1S/C10H7NO4/c1-15-11-9(13)7-4-2-3-6(5-12)8(7)10(11)14/h2-4,8H,1H3. The third kappa shape index (κ3) is 1.18. The zero-order valence-corrected chi connectivity index (χ0v) is 7.89. The SMILES string of the molecule is CON1C(=O)C2=CC=CC(=C=O)C2C1=O. The molecule has 2 amide bonds. The summed E-state index contributed by atoms with van der Waals surface area (Å²) in [5.41, 5.74) is 0.410. The van der Waals surface area contributed by atoms with Crippen LogP contribution in [0.4, 0.5) is 0 Å². The smallest absolute Gasteiger partial charge is 0.271 e. The predicted octanol–water partition coefficient (Wildman–Crippen LogP) is -0.213. The summed E-state index contributed by atoms with van der Waals surface area (Å²) in [5.74, 6) is -0.261. The number of amides is 2. The molecule has 0 radical (unpaired) electrons. The van der Waals surface area contributed by atoms with Crippen LogP contribution in [0.1, 0.15) is 0 Å². The molecule has 0 N–H and O–H groups in total. The van der Waals surface area contributed by atoms with Gasteiger partial charge in [-0.2, -0.15) is 0 Å². The van der Waals surface area contributed by atoms with Crippen molar-refractivity contribution in [2.24, 2.45) is 5.92 Å². The predicted molar refractivity (Wildman–Crippen MR) is 48.8 cm³/mol. The Morgan fingerprint density at radius 1 is 1.47 bits per heavy atom. The number of hydrogen-bond acceptors (Lipinski definition) is 4. The number of allylic oxidation sites excluding steroid dienone is 3. The Morgan fingerprint density at radius 2 is 2.20 bits per heavy atom. The summed E-state index contributed by atoms with van der Waals surface area (Å²) in [6.45, 7) is 0. The van der Waals surface area contributed by atoms with Gasteiger partial charge in [-0.25, -0.2) is 4.79 Å². The van der Waals surface area contributed by atoms with Crippen LogP contribution in [0.3, 0.4) is 0 Å². The molecule has 2 aliphatic rings. The maximum Gasteiger partial charge on any atom is 0.281 e. The Morgan fingerprint density at radius 3 is 2.80 bits per heavy atom. The minimum Gasteiger partial charge on any atom is -0.271 e. The van der Waals surface area contributed by atoms with E-state index in [0.717, 1.165) is 0 Å². The molecule has 1 saturated heterocycles. The lowest BCUT2D eigenvalue weighted by molar-refractivity contribution is -0.179. The molecule has 1 fully saturated rings. The molecule has 0 aromatic carbocycles. The molecule has 1 heterocycles. The van der Waals surface area contributed by atoms with Gasteiger partial charge in [0.2, 0.25) is 0 Å². The lowest BCUT2D eigenvalue weighted by atomic mass is 9.90. The molecule has 1 atom stereocenters. The highest BCUT2D eigenvalue weighted by Gasteiger charge is 2.46. The van der Waals surface area contributed by atoms with E-state index in [1.165, 1.54) is 25.3 Å². The van der Waals surface area contributed by atoms with Crippen molar-refractivity contribution in [1.82, 2.24) is 5.06 Å². The Bertz CT molecular complexity index is 454. The number of imide groups is 1. The Kier molecular flexibility index (Phi) is 2.11. The first kappa shape index (κ1) is 9.58. The summed E-state index contributed by atoms with van der Waals surface area (Å²) in [5, 5.41) is 0.654. The number of hydrogen-bond donors (Lipinski definition) is 0. The normalized spacial score (nSPS) is 24.1. The molecule has 1 aliphatic carbocycles. The highest BCUT2D eigenvalue weighted by Crippen LogP contribution is 2.33. The molecular weight excluding hydrogens is 198 g/mol. The number of rotatable bonds is 1. The van der Waals surface area contributed by atoms with Crippen LogP contribution < -0.4 is 0 Å². The molecule has 2 rings (SSSR count). The summed E-state index contributed by atoms with van der Waals surface area (Å²) in [7, 11) is 1.23. The summed E-state index contributed by atoms with van der Waals surface area (Å²) in [4.78, 5) is 38.5. The number of nitrogens with zero attached hydrogens (tertiary/aromatic N) is 1. The van der Waals surface area contributed by atoms with Crippen LogP contribution in [0.5, 0.6) is 0 Å². The van der Waals surface area contributed by atoms with E-state index in [1.54, 1.807) is 5.94 Å². The van der Waals surface area contributed by atoms with Crippen LogP contribution in [0.25, 0.3) is 0 Å². The van der Waals surface area contributed by atoms with Gasteiger partial charge in [-0.3, -0.25) is 14.4 Å². The van der Waals surface area contributed by atoms with Gasteiger partial charge in [-0.15, -0.1) is 5.06 Å². The van der Waals surface area contributed by atoms with Crippen LogP contribution in [0.2, 0.25) is 0 Å². The molecule has 0 spiro atoms. The average molecular weight is 205 g/mol. The molecule has 0 aromatic heterocycles. The van der Waals surface area contributed by atoms with Crippen molar-refractivity contribution in [3.63, 3.8) is 0 Å². The first-order chi connectivity index (χ1) is 7.20. The van der Waals surface area contributed by atoms with Crippen molar-refractivity contribution in [3.05, 3.63) is 29.4 Å². The largest absolute Gasteiger partial charge is 0.281 e. The quantitative estimate of drug-likeness (QED) is 0.439. The van der Waals surface area contributed by atoms with Gasteiger partial charge in [-0.1, -0.05) is 12.2 Å². The van der Waals surface area contributed by atoms with Crippen molar-refractivity contribution in [1.29, 1.82) is 0 Å². The second-order valence-corrected chi connectivity index (χ2v) is 3.09. The van der Waals surface area contributed by atoms with Crippen molar-refractivity contribution >= 4 is 17.8 Å².